The molecule has 0 bridgehead atoms. The molecule has 2 aromatic rings. The zero-order valence-electron chi connectivity index (χ0n) is 15.3. The molecule has 0 N–H and O–H groups in total. The van der Waals surface area contributed by atoms with Crippen molar-refractivity contribution >= 4 is 35.0 Å². The normalized spacial score (nSPS) is 16.5. The quantitative estimate of drug-likeness (QED) is 0.515. The van der Waals surface area contributed by atoms with Crippen molar-refractivity contribution in [2.75, 3.05) is 13.2 Å². The summed E-state index contributed by atoms with van der Waals surface area (Å²) in [6.45, 7) is 4.98. The van der Waals surface area contributed by atoms with Crippen molar-refractivity contribution in [3.8, 4) is 0 Å². The van der Waals surface area contributed by atoms with Gasteiger partial charge in [-0.1, -0.05) is 29.3 Å². The Morgan fingerprint density at radius 2 is 1.96 bits per heavy atom. The van der Waals surface area contributed by atoms with Crippen LogP contribution in [-0.4, -0.2) is 35.6 Å². The Labute approximate surface area is 168 Å². The minimum absolute atomic E-state index is 0.0671. The summed E-state index contributed by atoms with van der Waals surface area (Å²) in [4.78, 5) is 24.8. The molecule has 27 heavy (non-hydrogen) atoms. The number of nitrogens with zero attached hydrogens (tertiary/aromatic N) is 1. The monoisotopic (exact) mass is 409 g/mol. The summed E-state index contributed by atoms with van der Waals surface area (Å²) in [6.07, 6.45) is 2.27. The zero-order chi connectivity index (χ0) is 19.6. The number of rotatable bonds is 6. The molecule has 3 rings (SSSR count). The number of aromatic nitrogens is 1. The van der Waals surface area contributed by atoms with Gasteiger partial charge in [-0.3, -0.25) is 4.79 Å². The molecule has 1 aliphatic heterocycles. The molecule has 0 aliphatic carbocycles. The summed E-state index contributed by atoms with van der Waals surface area (Å²) in [5.41, 5.74) is 2.44. The summed E-state index contributed by atoms with van der Waals surface area (Å²) in [5.74, 6) is -0.981. The third kappa shape index (κ3) is 4.37. The molecule has 1 aliphatic rings. The molecule has 5 nitrogen and oxygen atoms in total. The van der Waals surface area contributed by atoms with Crippen LogP contribution in [0.25, 0.3) is 0 Å². The molecule has 1 saturated heterocycles. The van der Waals surface area contributed by atoms with E-state index in [0.29, 0.717) is 5.56 Å². The topological polar surface area (TPSA) is 57.5 Å². The Kier molecular flexibility index (Phi) is 6.25. The first-order valence-electron chi connectivity index (χ1n) is 8.81. The van der Waals surface area contributed by atoms with E-state index in [1.54, 1.807) is 18.2 Å². The molecule has 1 aromatic carbocycles. The number of ketones is 1. The minimum Gasteiger partial charge on any atom is -0.454 e. The third-order valence-electron chi connectivity index (χ3n) is 4.79. The summed E-state index contributed by atoms with van der Waals surface area (Å²) in [5, 5.41) is 0.379. The number of aryl methyl sites for hydroxylation is 1. The van der Waals surface area contributed by atoms with E-state index < -0.39 is 5.97 Å². The van der Waals surface area contributed by atoms with Crippen LogP contribution in [0.4, 0.5) is 0 Å². The Bertz CT molecular complexity index is 849. The van der Waals surface area contributed by atoms with Gasteiger partial charge in [0.15, 0.2) is 6.61 Å². The van der Waals surface area contributed by atoms with Gasteiger partial charge in [-0.15, -0.1) is 0 Å². The Morgan fingerprint density at radius 3 is 2.59 bits per heavy atom. The maximum Gasteiger partial charge on any atom is 0.341 e. The zero-order valence-corrected chi connectivity index (χ0v) is 16.8. The predicted octanol–water partition coefficient (Wildman–Crippen LogP) is 4.63. The van der Waals surface area contributed by atoms with Gasteiger partial charge in [0.1, 0.15) is 0 Å². The summed E-state index contributed by atoms with van der Waals surface area (Å²) in [7, 11) is 0. The van der Waals surface area contributed by atoms with Crippen molar-refractivity contribution in [3.05, 3.63) is 56.8 Å². The smallest absolute Gasteiger partial charge is 0.341 e. The van der Waals surface area contributed by atoms with E-state index in [2.05, 4.69) is 4.57 Å². The maximum atomic E-state index is 12.6. The van der Waals surface area contributed by atoms with Gasteiger partial charge in [-0.05, 0) is 44.9 Å². The van der Waals surface area contributed by atoms with Crippen LogP contribution in [0.3, 0.4) is 0 Å². The first kappa shape index (κ1) is 19.9. The number of Topliss-reactive ketones (excluding diaryl/α,β-unsaturated/α-hetero) is 1. The van der Waals surface area contributed by atoms with Crippen LogP contribution in [-0.2, 0) is 16.0 Å². The number of carbonyl (C=O) groups is 2. The lowest BCUT2D eigenvalue weighted by atomic mass is 10.1. The number of carbonyl (C=O) groups excluding carboxylic acids is 2. The number of ether oxygens (including phenoxy) is 2. The minimum atomic E-state index is -0.716. The van der Waals surface area contributed by atoms with E-state index in [-0.39, 0.29) is 34.1 Å². The fraction of sp³-hybridized carbons (Fsp3) is 0.400. The highest BCUT2D eigenvalue weighted by Gasteiger charge is 2.23. The van der Waals surface area contributed by atoms with Crippen LogP contribution < -0.4 is 0 Å². The third-order valence-corrected chi connectivity index (χ3v) is 5.42. The Hall–Kier alpha value is -1.82. The van der Waals surface area contributed by atoms with Gasteiger partial charge in [-0.2, -0.15) is 0 Å². The van der Waals surface area contributed by atoms with Gasteiger partial charge in [-0.25, -0.2) is 4.79 Å². The van der Waals surface area contributed by atoms with Gasteiger partial charge >= 0.3 is 5.97 Å². The Balaban J connectivity index is 1.68. The summed E-state index contributed by atoms with van der Waals surface area (Å²) in [6, 6.07) is 6.55. The molecule has 1 aromatic heterocycles. The largest absolute Gasteiger partial charge is 0.454 e. The van der Waals surface area contributed by atoms with Crippen molar-refractivity contribution in [1.82, 2.24) is 4.57 Å². The molecule has 0 unspecified atom stereocenters. The maximum absolute atomic E-state index is 12.6. The van der Waals surface area contributed by atoms with E-state index >= 15 is 0 Å². The number of benzene rings is 1. The van der Waals surface area contributed by atoms with Gasteiger partial charge in [0, 0.05) is 30.1 Å². The fourth-order valence-corrected chi connectivity index (χ4v) is 3.88. The number of esters is 1. The standard InChI is InChI=1S/C20H21Cl2NO4/c1-12-9-15(13(2)23(12)10-14-5-4-8-26-14)18(24)11-27-20(25)19-16(21)6-3-7-17(19)22/h3,6-7,9,14H,4-5,8,10-11H2,1-2H3/t14-/m0/s1. The molecule has 1 atom stereocenters. The summed E-state index contributed by atoms with van der Waals surface area (Å²) >= 11 is 12.0. The molecular formula is C20H21Cl2NO4. The molecule has 7 heteroatoms. The highest BCUT2D eigenvalue weighted by atomic mass is 35.5. The van der Waals surface area contributed by atoms with Crippen LogP contribution >= 0.6 is 23.2 Å². The first-order valence-corrected chi connectivity index (χ1v) is 9.56. The van der Waals surface area contributed by atoms with E-state index in [1.807, 2.05) is 19.9 Å². The molecule has 0 radical (unpaired) electrons. The average Bonchev–Trinajstić information content (AvgIpc) is 3.23. The average molecular weight is 410 g/mol. The molecule has 0 spiro atoms. The van der Waals surface area contributed by atoms with E-state index in [1.165, 1.54) is 0 Å². The van der Waals surface area contributed by atoms with Crippen molar-refractivity contribution in [3.63, 3.8) is 0 Å². The van der Waals surface area contributed by atoms with Crippen LogP contribution in [0.2, 0.25) is 10.0 Å². The van der Waals surface area contributed by atoms with E-state index in [0.717, 1.165) is 37.4 Å². The SMILES string of the molecule is Cc1cc(C(=O)COC(=O)c2c(Cl)cccc2Cl)c(C)n1C[C@@H]1CCCO1. The molecule has 0 saturated carbocycles. The molecular weight excluding hydrogens is 389 g/mol. The molecule has 1 fully saturated rings. The Morgan fingerprint density at radius 1 is 1.26 bits per heavy atom. The number of hydrogen-bond acceptors (Lipinski definition) is 4. The first-order chi connectivity index (χ1) is 12.9. The van der Waals surface area contributed by atoms with Gasteiger partial charge < -0.3 is 14.0 Å². The van der Waals surface area contributed by atoms with E-state index in [4.69, 9.17) is 32.7 Å². The second-order valence-electron chi connectivity index (χ2n) is 6.63. The van der Waals surface area contributed by atoms with Crippen molar-refractivity contribution in [2.24, 2.45) is 0 Å². The second kappa shape index (κ2) is 8.46. The molecule has 0 amide bonds. The number of halogens is 2. The van der Waals surface area contributed by atoms with Crippen LogP contribution in [0, 0.1) is 13.8 Å². The lowest BCUT2D eigenvalue weighted by Gasteiger charge is -2.14. The number of hydrogen-bond donors (Lipinski definition) is 0. The predicted molar refractivity (Wildman–Crippen MR) is 104 cm³/mol. The van der Waals surface area contributed by atoms with Gasteiger partial charge in [0.05, 0.1) is 21.7 Å². The van der Waals surface area contributed by atoms with Crippen molar-refractivity contribution in [2.45, 2.75) is 39.3 Å². The summed E-state index contributed by atoms with van der Waals surface area (Å²) < 4.78 is 12.9. The van der Waals surface area contributed by atoms with E-state index in [9.17, 15) is 9.59 Å². The fourth-order valence-electron chi connectivity index (χ4n) is 3.33. The van der Waals surface area contributed by atoms with Crippen molar-refractivity contribution in [1.29, 1.82) is 0 Å². The van der Waals surface area contributed by atoms with Crippen LogP contribution in [0.1, 0.15) is 44.9 Å². The highest BCUT2D eigenvalue weighted by molar-refractivity contribution is 6.39. The van der Waals surface area contributed by atoms with Gasteiger partial charge in [0.25, 0.3) is 0 Å². The highest BCUT2D eigenvalue weighted by Crippen LogP contribution is 2.25. The molecule has 2 heterocycles. The van der Waals surface area contributed by atoms with Crippen LogP contribution in [0.15, 0.2) is 24.3 Å². The lowest BCUT2D eigenvalue weighted by molar-refractivity contribution is 0.0475. The van der Waals surface area contributed by atoms with Crippen molar-refractivity contribution < 1.29 is 19.1 Å². The van der Waals surface area contributed by atoms with Gasteiger partial charge in [0.2, 0.25) is 5.78 Å². The second-order valence-corrected chi connectivity index (χ2v) is 7.44. The molecule has 144 valence electrons. The van der Waals surface area contributed by atoms with Crippen LogP contribution in [0.5, 0.6) is 0 Å². The lowest BCUT2D eigenvalue weighted by Crippen LogP contribution is -2.18.